The van der Waals surface area contributed by atoms with E-state index in [4.69, 9.17) is 119 Å². The average molecular weight is 2180 g/mol. The van der Waals surface area contributed by atoms with E-state index < -0.39 is 403 Å². The highest BCUT2D eigenvalue weighted by Crippen LogP contribution is 2.42. The van der Waals surface area contributed by atoms with Crippen molar-refractivity contribution in [2.45, 2.75) is 384 Å². The third-order valence-electron chi connectivity index (χ3n) is 26.8. The summed E-state index contributed by atoms with van der Waals surface area (Å²) in [6.07, 6.45) is -42.2. The highest BCUT2D eigenvalue weighted by Gasteiger charge is 2.60. The van der Waals surface area contributed by atoms with Crippen LogP contribution in [-0.4, -0.2) is 558 Å². The molecule has 45 N–H and O–H groups in total. The summed E-state index contributed by atoms with van der Waals surface area (Å²) in [6.45, 7) is 14.4. The molecule has 63 heteroatoms. The van der Waals surface area contributed by atoms with Crippen molar-refractivity contribution in [2.75, 3.05) is 39.6 Å². The van der Waals surface area contributed by atoms with Crippen LogP contribution in [0.4, 0.5) is 0 Å². The molecule has 0 amide bonds. The van der Waals surface area contributed by atoms with Gasteiger partial charge in [0.1, 0.15) is 73.2 Å². The molecule has 9 aliphatic rings. The first-order valence-electron chi connectivity index (χ1n) is 45.6. The maximum atomic E-state index is 10.9. The molecule has 48 unspecified atom stereocenters. The number of carboxylic acid groups (broad SMARTS) is 9. The van der Waals surface area contributed by atoms with Gasteiger partial charge in [0.2, 0.25) is 0 Å². The van der Waals surface area contributed by atoms with Gasteiger partial charge in [-0.25, -0.2) is 43.2 Å². The Kier molecular flexibility index (Phi) is 56.2. The molecule has 9 aliphatic heterocycles. The summed E-state index contributed by atoms with van der Waals surface area (Å²) in [5, 5.41) is 418. The van der Waals surface area contributed by atoms with Gasteiger partial charge < -0.3 is 272 Å². The van der Waals surface area contributed by atoms with Crippen LogP contribution in [0.3, 0.4) is 0 Å². The van der Waals surface area contributed by atoms with E-state index in [2.05, 4.69) is 0 Å². The third-order valence-corrected chi connectivity index (χ3v) is 26.8. The van der Waals surface area contributed by atoms with Crippen molar-refractivity contribution in [1.82, 2.24) is 0 Å². The maximum Gasteiger partial charge on any atom is 0.364 e. The van der Waals surface area contributed by atoms with Crippen LogP contribution in [0.15, 0.2) is 0 Å². The molecule has 0 saturated carbocycles. The van der Waals surface area contributed by atoms with Crippen LogP contribution < -0.4 is 0 Å². The molecule has 48 atom stereocenters. The molecule has 148 heavy (non-hydrogen) atoms. The van der Waals surface area contributed by atoms with E-state index >= 15 is 0 Å². The number of hydrogen-bond donors (Lipinski definition) is 45. The van der Waals surface area contributed by atoms with E-state index in [0.717, 1.165) is 0 Å². The molecule has 9 saturated heterocycles. The monoisotopic (exact) mass is 2180 g/mol. The molecule has 0 aromatic rings. The Balaban J connectivity index is 0.00000165. The number of carbonyl (C=O) groups is 9. The quantitative estimate of drug-likeness (QED) is 0.0363. The van der Waals surface area contributed by atoms with Gasteiger partial charge >= 0.3 is 53.7 Å². The van der Waals surface area contributed by atoms with Gasteiger partial charge in [-0.2, -0.15) is 0 Å². The summed E-state index contributed by atoms with van der Waals surface area (Å²) in [5.74, 6) is -41.7. The summed E-state index contributed by atoms with van der Waals surface area (Å²) in [5.41, 5.74) is 0. The van der Waals surface area contributed by atoms with Crippen molar-refractivity contribution in [3.05, 3.63) is 0 Å². The molecule has 0 spiro atoms. The second kappa shape index (κ2) is 58.8. The fourth-order valence-corrected chi connectivity index (χ4v) is 15.6. The number of aliphatic carboxylic acids is 9. The van der Waals surface area contributed by atoms with Gasteiger partial charge in [-0.3, -0.25) is 0 Å². The molecule has 9 rings (SSSR count). The van der Waals surface area contributed by atoms with Crippen LogP contribution in [-0.2, 0) is 85.8 Å². The average Bonchev–Trinajstić information content (AvgIpc) is 0.786. The van der Waals surface area contributed by atoms with Crippen LogP contribution >= 0.6 is 0 Å². The topological polar surface area (TPSA) is 1150 Å². The lowest BCUT2D eigenvalue weighted by atomic mass is 9.85. The standard InChI is InChI=1S/6C10H18O8.3C8H14O5.CH4/c6*1-4-5(12)2-10(17,9(15)16)18-8(4)7(14)6(13)3-11;3*1-4-5(2)13-8(12,7(10)11)3-6(4)9;/h6*4-8,11-14,17H,2-3H2,1H3,(H,15,16);3*4-6,9,12H,3H2,1-2H3,(H,10,11);1H4. The zero-order valence-corrected chi connectivity index (χ0v) is 81.6. The summed E-state index contributed by atoms with van der Waals surface area (Å²) in [7, 11) is 0. The van der Waals surface area contributed by atoms with Gasteiger partial charge in [0.05, 0.1) is 150 Å². The van der Waals surface area contributed by atoms with Crippen LogP contribution in [0, 0.1) is 53.3 Å². The van der Waals surface area contributed by atoms with E-state index in [0.29, 0.717) is 0 Å². The van der Waals surface area contributed by atoms with Gasteiger partial charge in [-0.05, 0) is 20.8 Å². The van der Waals surface area contributed by atoms with Crippen LogP contribution in [0.1, 0.15) is 148 Å². The smallest absolute Gasteiger partial charge is 0.364 e. The van der Waals surface area contributed by atoms with Crippen molar-refractivity contribution < 1.29 is 316 Å². The Morgan fingerprint density at radius 3 is 0.365 bits per heavy atom. The molecular formula is C85H154O63. The molecule has 0 aromatic heterocycles. The Morgan fingerprint density at radius 2 is 0.284 bits per heavy atom. The van der Waals surface area contributed by atoms with Crippen LogP contribution in [0.25, 0.3) is 0 Å². The minimum atomic E-state index is -2.62. The lowest BCUT2D eigenvalue weighted by Gasteiger charge is -2.43. The predicted octanol–water partition coefficient (Wildman–Crippen LogP) is -17.1. The summed E-state index contributed by atoms with van der Waals surface area (Å²) in [4.78, 5) is 96.9. The minimum absolute atomic E-state index is 0. The highest BCUT2D eigenvalue weighted by molar-refractivity contribution is 5.79. The lowest BCUT2D eigenvalue weighted by Crippen LogP contribution is -2.60. The number of carboxylic acids is 9. The Bertz CT molecular complexity index is 3460. The largest absolute Gasteiger partial charge is 0.477 e. The van der Waals surface area contributed by atoms with Crippen molar-refractivity contribution >= 4 is 53.7 Å². The minimum Gasteiger partial charge on any atom is -0.477 e. The third kappa shape index (κ3) is 36.8. The molecule has 0 radical (unpaired) electrons. The maximum absolute atomic E-state index is 10.9. The molecule has 0 bridgehead atoms. The zero-order chi connectivity index (χ0) is 115. The van der Waals surface area contributed by atoms with E-state index in [1.54, 1.807) is 41.5 Å². The van der Waals surface area contributed by atoms with Gasteiger partial charge in [0.25, 0.3) is 52.1 Å². The number of aliphatic hydroxyl groups excluding tert-OH is 27. The van der Waals surface area contributed by atoms with Crippen molar-refractivity contribution in [1.29, 1.82) is 0 Å². The van der Waals surface area contributed by atoms with Crippen LogP contribution in [0.5, 0.6) is 0 Å². The number of ether oxygens (including phenoxy) is 9. The van der Waals surface area contributed by atoms with Crippen molar-refractivity contribution in [3.63, 3.8) is 0 Å². The van der Waals surface area contributed by atoms with Crippen molar-refractivity contribution in [2.24, 2.45) is 53.3 Å². The first-order valence-corrected chi connectivity index (χ1v) is 45.6. The Labute approximate surface area is 843 Å². The second-order valence-electron chi connectivity index (χ2n) is 37.9. The lowest BCUT2D eigenvalue weighted by molar-refractivity contribution is -0.302. The number of aliphatic hydroxyl groups is 36. The van der Waals surface area contributed by atoms with Crippen molar-refractivity contribution in [3.8, 4) is 0 Å². The summed E-state index contributed by atoms with van der Waals surface area (Å²) in [6, 6.07) is 0. The number of hydrogen-bond acceptors (Lipinski definition) is 54. The molecule has 63 nitrogen and oxygen atoms in total. The van der Waals surface area contributed by atoms with Gasteiger partial charge in [-0.15, -0.1) is 0 Å². The number of rotatable bonds is 27. The van der Waals surface area contributed by atoms with Crippen LogP contribution in [0.2, 0.25) is 0 Å². The molecule has 9 fully saturated rings. The zero-order valence-electron chi connectivity index (χ0n) is 81.6. The molecule has 0 aliphatic carbocycles. The van der Waals surface area contributed by atoms with E-state index in [1.807, 2.05) is 0 Å². The van der Waals surface area contributed by atoms with E-state index in [-0.39, 0.29) is 44.4 Å². The second-order valence-corrected chi connectivity index (χ2v) is 37.9. The van der Waals surface area contributed by atoms with Gasteiger partial charge in [0.15, 0.2) is 0 Å². The van der Waals surface area contributed by atoms with E-state index in [1.165, 1.54) is 41.5 Å². The normalized spacial score (nSPS) is 41.5. The summed E-state index contributed by atoms with van der Waals surface area (Å²) < 4.78 is 44.0. The summed E-state index contributed by atoms with van der Waals surface area (Å²) >= 11 is 0. The first-order chi connectivity index (χ1) is 66.9. The molecular weight excluding hydrogens is 2030 g/mol. The Hall–Kier alpha value is -6.57. The molecule has 0 aromatic carbocycles. The fourth-order valence-electron chi connectivity index (χ4n) is 15.6. The SMILES string of the molecule is C.CC1C(O)CC(O)(C(=O)O)OC1C(O)C(O)CO.CC1C(O)CC(O)(C(=O)O)OC1C(O)C(O)CO.CC1C(O)CC(O)(C(=O)O)OC1C(O)C(O)CO.CC1C(O)CC(O)(C(=O)O)OC1C(O)C(O)CO.CC1C(O)CC(O)(C(=O)O)OC1C(O)C(O)CO.CC1C(O)CC(O)(C(=O)O)OC1C(O)C(O)CO.CC1OC(O)(C(=O)O)CC(O)C1C.CC1OC(O)(C(=O)O)CC(O)C1C.CC1OC(O)(C(=O)O)CC(O)C1C. The van der Waals surface area contributed by atoms with Gasteiger partial charge in [0, 0.05) is 111 Å². The molecule has 872 valence electrons. The molecule has 9 heterocycles. The fraction of sp³-hybridized carbons (Fsp3) is 0.894. The van der Waals surface area contributed by atoms with Gasteiger partial charge in [-0.1, -0.05) is 69.7 Å². The van der Waals surface area contributed by atoms with E-state index in [9.17, 15) is 196 Å². The Morgan fingerprint density at radius 1 is 0.196 bits per heavy atom. The first kappa shape index (κ1) is 141. The predicted molar refractivity (Wildman–Crippen MR) is 474 cm³/mol. The highest BCUT2D eigenvalue weighted by atomic mass is 16.7.